The number of alkyl halides is 2. The highest BCUT2D eigenvalue weighted by atomic mass is 35.5. The maximum Gasteiger partial charge on any atom is 0.231 e. The van der Waals surface area contributed by atoms with Crippen LogP contribution in [0.3, 0.4) is 0 Å². The van der Waals surface area contributed by atoms with Gasteiger partial charge >= 0.3 is 0 Å². The van der Waals surface area contributed by atoms with Gasteiger partial charge in [0.1, 0.15) is 11.8 Å². The SMILES string of the molecule is CC(C)(F)c1c(F)c(Cl)c(-c2cn3cc(NC(=O)C4CC4F)nc3cn2)c2cn[nH]c12. The number of rotatable bonds is 4. The number of benzene rings is 1. The van der Waals surface area contributed by atoms with E-state index >= 15 is 4.39 Å². The van der Waals surface area contributed by atoms with Gasteiger partial charge in [-0.05, 0) is 20.3 Å². The first-order valence-electron chi connectivity index (χ1n) is 9.48. The molecule has 0 bridgehead atoms. The van der Waals surface area contributed by atoms with Crippen molar-refractivity contribution >= 4 is 39.9 Å². The fourth-order valence-electron chi connectivity index (χ4n) is 3.67. The molecule has 7 nitrogen and oxygen atoms in total. The Labute approximate surface area is 178 Å². The molecular formula is C20H16ClF3N6O. The zero-order valence-electron chi connectivity index (χ0n) is 16.4. The second-order valence-electron chi connectivity index (χ2n) is 8.02. The number of amides is 1. The molecule has 3 heterocycles. The molecule has 1 saturated carbocycles. The van der Waals surface area contributed by atoms with Crippen LogP contribution in [0.25, 0.3) is 27.8 Å². The highest BCUT2D eigenvalue weighted by molar-refractivity contribution is 6.35. The summed E-state index contributed by atoms with van der Waals surface area (Å²) in [6, 6.07) is 0. The van der Waals surface area contributed by atoms with Gasteiger partial charge in [-0.1, -0.05) is 11.6 Å². The largest absolute Gasteiger partial charge is 0.309 e. The first-order valence-corrected chi connectivity index (χ1v) is 9.86. The summed E-state index contributed by atoms with van der Waals surface area (Å²) in [5.41, 5.74) is -1.06. The Hall–Kier alpha value is -3.14. The van der Waals surface area contributed by atoms with Gasteiger partial charge in [0.05, 0.1) is 46.3 Å². The van der Waals surface area contributed by atoms with Gasteiger partial charge in [0.25, 0.3) is 0 Å². The summed E-state index contributed by atoms with van der Waals surface area (Å²) in [5, 5.41) is 9.28. The summed E-state index contributed by atoms with van der Waals surface area (Å²) in [6.07, 6.45) is 5.04. The molecule has 1 aliphatic rings. The number of aromatic nitrogens is 5. The topological polar surface area (TPSA) is 88.0 Å². The van der Waals surface area contributed by atoms with Gasteiger partial charge in [-0.3, -0.25) is 14.9 Å². The molecule has 0 aliphatic heterocycles. The van der Waals surface area contributed by atoms with E-state index < -0.39 is 29.5 Å². The van der Waals surface area contributed by atoms with Crippen molar-refractivity contribution in [1.29, 1.82) is 0 Å². The molecule has 4 aromatic rings. The average Bonchev–Trinajstić information content (AvgIpc) is 3.07. The molecule has 0 saturated heterocycles. The van der Waals surface area contributed by atoms with Gasteiger partial charge in [-0.2, -0.15) is 5.10 Å². The lowest BCUT2D eigenvalue weighted by Crippen LogP contribution is -2.15. The molecule has 5 rings (SSSR count). The zero-order chi connectivity index (χ0) is 22.1. The minimum atomic E-state index is -1.99. The van der Waals surface area contributed by atoms with Crippen LogP contribution in [0.4, 0.5) is 19.0 Å². The van der Waals surface area contributed by atoms with Crippen LogP contribution >= 0.6 is 11.6 Å². The number of carbonyl (C=O) groups is 1. The Balaban J connectivity index is 1.60. The van der Waals surface area contributed by atoms with Gasteiger partial charge in [0.2, 0.25) is 5.91 Å². The highest BCUT2D eigenvalue weighted by Gasteiger charge is 2.43. The number of imidazole rings is 1. The summed E-state index contributed by atoms with van der Waals surface area (Å²) in [5.74, 6) is -1.73. The Morgan fingerprint density at radius 1 is 1.35 bits per heavy atom. The van der Waals surface area contributed by atoms with Crippen molar-refractivity contribution in [1.82, 2.24) is 24.6 Å². The minimum absolute atomic E-state index is 0.190. The predicted molar refractivity (Wildman–Crippen MR) is 109 cm³/mol. The lowest BCUT2D eigenvalue weighted by atomic mass is 9.94. The number of fused-ring (bicyclic) bond motifs is 2. The number of carbonyl (C=O) groups excluding carboxylic acids is 1. The van der Waals surface area contributed by atoms with Crippen LogP contribution in [-0.2, 0) is 10.5 Å². The molecule has 2 atom stereocenters. The second-order valence-corrected chi connectivity index (χ2v) is 8.40. The summed E-state index contributed by atoms with van der Waals surface area (Å²) in [4.78, 5) is 20.5. The van der Waals surface area contributed by atoms with Crippen LogP contribution < -0.4 is 5.32 Å². The second kappa shape index (κ2) is 6.68. The van der Waals surface area contributed by atoms with E-state index in [1.165, 1.54) is 32.4 Å². The Kier molecular flexibility index (Phi) is 4.27. The number of hydrogen-bond donors (Lipinski definition) is 2. The first-order chi connectivity index (χ1) is 14.6. The van der Waals surface area contributed by atoms with Crippen LogP contribution in [0.15, 0.2) is 24.8 Å². The molecule has 0 radical (unpaired) electrons. The lowest BCUT2D eigenvalue weighted by molar-refractivity contribution is -0.117. The van der Waals surface area contributed by atoms with E-state index in [2.05, 4.69) is 25.5 Å². The van der Waals surface area contributed by atoms with Crippen LogP contribution in [-0.4, -0.2) is 36.6 Å². The Morgan fingerprint density at radius 3 is 2.77 bits per heavy atom. The number of nitrogens with zero attached hydrogens (tertiary/aromatic N) is 4. The first kappa shape index (κ1) is 19.8. The average molecular weight is 449 g/mol. The molecule has 1 aliphatic carbocycles. The maximum atomic E-state index is 15.1. The van der Waals surface area contributed by atoms with Crippen LogP contribution in [0.1, 0.15) is 25.8 Å². The third kappa shape index (κ3) is 3.21. The number of halogens is 4. The van der Waals surface area contributed by atoms with Crippen molar-refractivity contribution in [3.8, 4) is 11.3 Å². The van der Waals surface area contributed by atoms with Gasteiger partial charge < -0.3 is 9.72 Å². The number of H-pyrrole nitrogens is 1. The van der Waals surface area contributed by atoms with Crippen molar-refractivity contribution in [2.75, 3.05) is 5.32 Å². The number of nitrogens with one attached hydrogen (secondary N) is 2. The summed E-state index contributed by atoms with van der Waals surface area (Å²) in [6.45, 7) is 2.47. The highest BCUT2D eigenvalue weighted by Crippen LogP contribution is 2.42. The third-order valence-electron chi connectivity index (χ3n) is 5.28. The van der Waals surface area contributed by atoms with E-state index in [1.54, 1.807) is 10.6 Å². The quantitative estimate of drug-likeness (QED) is 0.479. The van der Waals surface area contributed by atoms with E-state index in [0.29, 0.717) is 16.7 Å². The van der Waals surface area contributed by atoms with E-state index in [1.807, 2.05) is 0 Å². The van der Waals surface area contributed by atoms with Crippen molar-refractivity contribution in [2.45, 2.75) is 32.1 Å². The van der Waals surface area contributed by atoms with Crippen LogP contribution in [0.5, 0.6) is 0 Å². The normalized spacial score (nSPS) is 18.6. The molecular weight excluding hydrogens is 433 g/mol. The van der Waals surface area contributed by atoms with Crippen molar-refractivity contribution < 1.29 is 18.0 Å². The van der Waals surface area contributed by atoms with Crippen molar-refractivity contribution in [3.63, 3.8) is 0 Å². The molecule has 2 unspecified atom stereocenters. The van der Waals surface area contributed by atoms with Gasteiger partial charge in [-0.15, -0.1) is 0 Å². The molecule has 1 amide bonds. The molecule has 11 heteroatoms. The predicted octanol–water partition coefficient (Wildman–Crippen LogP) is 4.57. The fraction of sp³-hybridized carbons (Fsp3) is 0.300. The maximum absolute atomic E-state index is 15.1. The van der Waals surface area contributed by atoms with Gasteiger partial charge in [0.15, 0.2) is 17.3 Å². The Morgan fingerprint density at radius 2 is 2.10 bits per heavy atom. The van der Waals surface area contributed by atoms with Crippen molar-refractivity contribution in [3.05, 3.63) is 41.2 Å². The summed E-state index contributed by atoms with van der Waals surface area (Å²) >= 11 is 6.31. The van der Waals surface area contributed by atoms with Crippen molar-refractivity contribution in [2.24, 2.45) is 5.92 Å². The summed E-state index contributed by atoms with van der Waals surface area (Å²) < 4.78 is 44.4. The number of anilines is 1. The van der Waals surface area contributed by atoms with E-state index in [9.17, 15) is 13.6 Å². The fourth-order valence-corrected chi connectivity index (χ4v) is 3.96. The van der Waals surface area contributed by atoms with Gasteiger partial charge in [0, 0.05) is 17.1 Å². The zero-order valence-corrected chi connectivity index (χ0v) is 17.1. The summed E-state index contributed by atoms with van der Waals surface area (Å²) in [7, 11) is 0. The molecule has 1 aromatic carbocycles. The molecule has 3 aromatic heterocycles. The molecule has 31 heavy (non-hydrogen) atoms. The smallest absolute Gasteiger partial charge is 0.231 e. The standard InChI is InChI=1S/C20H16ClF3N6O/c1-20(2,24)15-17(23)16(21)14(9-4-26-29-18(9)15)11-6-30-7-12(27-13(30)5-25-11)28-19(31)8-3-10(8)22/h4-8,10H,3H2,1-2H3,(H,26,29)(H,28,31). The lowest BCUT2D eigenvalue weighted by Gasteiger charge is -2.19. The molecule has 160 valence electrons. The monoisotopic (exact) mass is 448 g/mol. The van der Waals surface area contributed by atoms with E-state index in [0.717, 1.165) is 0 Å². The minimum Gasteiger partial charge on any atom is -0.309 e. The van der Waals surface area contributed by atoms with E-state index in [-0.39, 0.29) is 33.9 Å². The van der Waals surface area contributed by atoms with Gasteiger partial charge in [-0.25, -0.2) is 18.2 Å². The molecule has 1 fully saturated rings. The third-order valence-corrected chi connectivity index (χ3v) is 5.64. The number of aromatic amines is 1. The Bertz CT molecular complexity index is 1360. The molecule has 2 N–H and O–H groups in total. The number of hydrogen-bond acceptors (Lipinski definition) is 4. The van der Waals surface area contributed by atoms with Crippen LogP contribution in [0, 0.1) is 11.7 Å². The van der Waals surface area contributed by atoms with Crippen LogP contribution in [0.2, 0.25) is 5.02 Å². The van der Waals surface area contributed by atoms with E-state index in [4.69, 9.17) is 11.6 Å². The molecule has 0 spiro atoms.